The van der Waals surface area contributed by atoms with Crippen LogP contribution in [-0.2, 0) is 4.79 Å². The van der Waals surface area contributed by atoms with Gasteiger partial charge in [0.2, 0.25) is 0 Å². The maximum atomic E-state index is 10.7. The minimum atomic E-state index is -1.05. The highest BCUT2D eigenvalue weighted by Gasteiger charge is 2.12. The van der Waals surface area contributed by atoms with E-state index in [1.807, 2.05) is 0 Å². The Hall–Kier alpha value is -2.35. The third-order valence-electron chi connectivity index (χ3n) is 1.90. The minimum absolute atomic E-state index is 0.0992. The maximum Gasteiger partial charge on any atom is 0.315 e. The smallest absolute Gasteiger partial charge is 0.315 e. The first kappa shape index (κ1) is 11.7. The number of hydrogen-bond donors (Lipinski definition) is 1. The van der Waals surface area contributed by atoms with Gasteiger partial charge in [0.25, 0.3) is 5.69 Å². The number of aliphatic carboxylic acids is 1. The molecule has 5 heteroatoms. The Kier molecular flexibility index (Phi) is 3.62. The molecule has 0 aliphatic heterocycles. The number of hydrogen-bond acceptors (Lipinski definition) is 3. The molecule has 16 heavy (non-hydrogen) atoms. The van der Waals surface area contributed by atoms with E-state index in [9.17, 15) is 14.9 Å². The van der Waals surface area contributed by atoms with Gasteiger partial charge in [-0.25, -0.2) is 0 Å². The van der Waals surface area contributed by atoms with Crippen molar-refractivity contribution in [3.05, 3.63) is 39.4 Å². The van der Waals surface area contributed by atoms with Crippen LogP contribution in [0.1, 0.15) is 17.5 Å². The summed E-state index contributed by atoms with van der Waals surface area (Å²) in [4.78, 5) is 20.4. The van der Waals surface area contributed by atoms with Crippen LogP contribution in [0.25, 0.3) is 0 Å². The van der Waals surface area contributed by atoms with Crippen molar-refractivity contribution < 1.29 is 14.8 Å². The van der Waals surface area contributed by atoms with E-state index in [1.54, 1.807) is 19.1 Å². The molecule has 0 atom stereocenters. The van der Waals surface area contributed by atoms with E-state index >= 15 is 0 Å². The number of nitrogens with zero attached hydrogens (tertiary/aromatic N) is 1. The highest BCUT2D eigenvalue weighted by atomic mass is 16.6. The van der Waals surface area contributed by atoms with Crippen LogP contribution >= 0.6 is 0 Å². The molecule has 1 aromatic rings. The second-order valence-corrected chi connectivity index (χ2v) is 3.10. The predicted octanol–water partition coefficient (Wildman–Crippen LogP) is 1.73. The average Bonchev–Trinajstić information content (AvgIpc) is 2.19. The van der Waals surface area contributed by atoms with Crippen molar-refractivity contribution in [1.82, 2.24) is 0 Å². The van der Waals surface area contributed by atoms with Gasteiger partial charge in [-0.05, 0) is 12.5 Å². The largest absolute Gasteiger partial charge is 0.481 e. The van der Waals surface area contributed by atoms with Crippen LogP contribution in [-0.4, -0.2) is 16.0 Å². The van der Waals surface area contributed by atoms with Crippen LogP contribution in [0.15, 0.2) is 18.2 Å². The predicted molar refractivity (Wildman–Crippen MR) is 57.0 cm³/mol. The lowest BCUT2D eigenvalue weighted by Gasteiger charge is -1.98. The Morgan fingerprint density at radius 3 is 2.81 bits per heavy atom. The number of aryl methyl sites for hydroxylation is 1. The van der Waals surface area contributed by atoms with E-state index in [0.29, 0.717) is 5.56 Å². The van der Waals surface area contributed by atoms with Gasteiger partial charge >= 0.3 is 5.97 Å². The minimum Gasteiger partial charge on any atom is -0.481 e. The van der Waals surface area contributed by atoms with Crippen molar-refractivity contribution in [2.24, 2.45) is 0 Å². The Balaban J connectivity index is 3.14. The molecule has 0 aliphatic carbocycles. The average molecular weight is 219 g/mol. The fraction of sp³-hybridized carbons (Fsp3) is 0.182. The summed E-state index contributed by atoms with van der Waals surface area (Å²) in [6.45, 7) is 1.69. The highest BCUT2D eigenvalue weighted by molar-refractivity contribution is 5.70. The zero-order valence-corrected chi connectivity index (χ0v) is 8.56. The van der Waals surface area contributed by atoms with E-state index in [0.717, 1.165) is 0 Å². The van der Waals surface area contributed by atoms with Gasteiger partial charge in [0.15, 0.2) is 0 Å². The van der Waals surface area contributed by atoms with Crippen LogP contribution in [0.5, 0.6) is 0 Å². The Labute approximate surface area is 91.9 Å². The SMILES string of the molecule is Cc1cccc([N+](=O)[O-])c1C#CCC(=O)O. The molecule has 0 aliphatic rings. The van der Waals surface area contributed by atoms with Gasteiger partial charge in [0, 0.05) is 6.07 Å². The molecule has 1 rings (SSSR count). The molecule has 0 heterocycles. The van der Waals surface area contributed by atoms with E-state index in [4.69, 9.17) is 5.11 Å². The van der Waals surface area contributed by atoms with Gasteiger partial charge < -0.3 is 5.11 Å². The molecule has 0 amide bonds. The van der Waals surface area contributed by atoms with Crippen LogP contribution in [0, 0.1) is 28.9 Å². The van der Waals surface area contributed by atoms with Crippen LogP contribution < -0.4 is 0 Å². The van der Waals surface area contributed by atoms with Gasteiger partial charge in [0.05, 0.1) is 4.92 Å². The number of rotatable bonds is 2. The molecule has 0 bridgehead atoms. The molecule has 0 spiro atoms. The van der Waals surface area contributed by atoms with Gasteiger partial charge in [-0.2, -0.15) is 0 Å². The van der Waals surface area contributed by atoms with E-state index < -0.39 is 10.9 Å². The summed E-state index contributed by atoms with van der Waals surface area (Å²) in [7, 11) is 0. The second-order valence-electron chi connectivity index (χ2n) is 3.10. The standard InChI is InChI=1S/C11H9NO4/c1-8-4-2-6-10(12(15)16)9(8)5-3-7-11(13)14/h2,4,6H,7H2,1H3,(H,13,14). The normalized spacial score (nSPS) is 9.06. The van der Waals surface area contributed by atoms with Crippen molar-refractivity contribution in [2.75, 3.05) is 0 Å². The van der Waals surface area contributed by atoms with E-state index in [1.165, 1.54) is 6.07 Å². The molecule has 0 radical (unpaired) electrons. The molecule has 0 saturated carbocycles. The van der Waals surface area contributed by atoms with Crippen LogP contribution in [0.2, 0.25) is 0 Å². The van der Waals surface area contributed by atoms with Gasteiger partial charge in [-0.15, -0.1) is 0 Å². The topological polar surface area (TPSA) is 80.4 Å². The van der Waals surface area contributed by atoms with Gasteiger partial charge in [-0.3, -0.25) is 14.9 Å². The lowest BCUT2D eigenvalue weighted by molar-refractivity contribution is -0.385. The lowest BCUT2D eigenvalue weighted by atomic mass is 10.1. The second kappa shape index (κ2) is 4.94. The summed E-state index contributed by atoms with van der Waals surface area (Å²) in [6, 6.07) is 4.60. The van der Waals surface area contributed by atoms with Crippen molar-refractivity contribution >= 4 is 11.7 Å². The summed E-state index contributed by atoms with van der Waals surface area (Å²) >= 11 is 0. The molecule has 0 fully saturated rings. The molecule has 0 unspecified atom stereocenters. The third kappa shape index (κ3) is 2.82. The summed E-state index contributed by atoms with van der Waals surface area (Å²) in [5.41, 5.74) is 0.832. The van der Waals surface area contributed by atoms with Crippen molar-refractivity contribution in [2.45, 2.75) is 13.3 Å². The molecule has 1 N–H and O–H groups in total. The van der Waals surface area contributed by atoms with E-state index in [-0.39, 0.29) is 17.7 Å². The highest BCUT2D eigenvalue weighted by Crippen LogP contribution is 2.20. The molecule has 0 saturated heterocycles. The number of carboxylic acid groups (broad SMARTS) is 1. The zero-order chi connectivity index (χ0) is 12.1. The number of benzene rings is 1. The molecule has 5 nitrogen and oxygen atoms in total. The number of carboxylic acids is 1. The molecular formula is C11H9NO4. The zero-order valence-electron chi connectivity index (χ0n) is 8.56. The quantitative estimate of drug-likeness (QED) is 0.466. The molecule has 82 valence electrons. The Bertz CT molecular complexity index is 496. The van der Waals surface area contributed by atoms with Gasteiger partial charge in [-0.1, -0.05) is 24.0 Å². The fourth-order valence-electron chi connectivity index (χ4n) is 1.18. The molecule has 0 aromatic heterocycles. The van der Waals surface area contributed by atoms with Crippen LogP contribution in [0.3, 0.4) is 0 Å². The van der Waals surface area contributed by atoms with Crippen molar-refractivity contribution in [3.8, 4) is 11.8 Å². The summed E-state index contributed by atoms with van der Waals surface area (Å²) in [6.07, 6.45) is -0.328. The summed E-state index contributed by atoms with van der Waals surface area (Å²) < 4.78 is 0. The number of nitro benzene ring substituents is 1. The Morgan fingerprint density at radius 2 is 2.25 bits per heavy atom. The van der Waals surface area contributed by atoms with Gasteiger partial charge in [0.1, 0.15) is 12.0 Å². The van der Waals surface area contributed by atoms with E-state index in [2.05, 4.69) is 11.8 Å². The molecule has 1 aromatic carbocycles. The first-order chi connectivity index (χ1) is 7.52. The first-order valence-electron chi connectivity index (χ1n) is 4.47. The lowest BCUT2D eigenvalue weighted by Crippen LogP contribution is -1.95. The number of nitro groups is 1. The monoisotopic (exact) mass is 219 g/mol. The fourth-order valence-corrected chi connectivity index (χ4v) is 1.18. The first-order valence-corrected chi connectivity index (χ1v) is 4.47. The van der Waals surface area contributed by atoms with Crippen LogP contribution in [0.4, 0.5) is 5.69 Å². The Morgan fingerprint density at radius 1 is 1.56 bits per heavy atom. The van der Waals surface area contributed by atoms with Crippen molar-refractivity contribution in [1.29, 1.82) is 0 Å². The maximum absolute atomic E-state index is 10.7. The number of carbonyl (C=O) groups is 1. The third-order valence-corrected chi connectivity index (χ3v) is 1.90. The van der Waals surface area contributed by atoms with Crippen molar-refractivity contribution in [3.63, 3.8) is 0 Å². The molecular weight excluding hydrogens is 210 g/mol. The summed E-state index contributed by atoms with van der Waals surface area (Å²) in [5, 5.41) is 19.1. The summed E-state index contributed by atoms with van der Waals surface area (Å²) in [5.74, 6) is 3.85.